The van der Waals surface area contributed by atoms with E-state index < -0.39 is 0 Å². The van der Waals surface area contributed by atoms with Gasteiger partial charge in [0.05, 0.1) is 5.69 Å². The number of hydrogen-bond donors (Lipinski definition) is 0. The van der Waals surface area contributed by atoms with Crippen LogP contribution in [0, 0.1) is 0 Å². The van der Waals surface area contributed by atoms with Crippen LogP contribution in [-0.4, -0.2) is 7.05 Å². The Labute approximate surface area is 94.5 Å². The lowest BCUT2D eigenvalue weighted by Crippen LogP contribution is -2.21. The number of benzene rings is 1. The monoisotopic (exact) mass is 215 g/mol. The Kier molecular flexibility index (Phi) is 2.10. The molecule has 0 aromatic heterocycles. The number of hydrogen-bond acceptors (Lipinski definition) is 2. The van der Waals surface area contributed by atoms with Crippen LogP contribution in [-0.2, 0) is 0 Å². The average Bonchev–Trinajstić information content (AvgIpc) is 2.30. The van der Waals surface area contributed by atoms with Gasteiger partial charge in [-0.15, -0.1) is 0 Å². The van der Waals surface area contributed by atoms with Crippen molar-refractivity contribution in [3.05, 3.63) is 47.0 Å². The molecule has 0 spiro atoms. The summed E-state index contributed by atoms with van der Waals surface area (Å²) < 4.78 is 0. The van der Waals surface area contributed by atoms with Crippen LogP contribution in [0.2, 0.25) is 0 Å². The fourth-order valence-electron chi connectivity index (χ4n) is 2.14. The van der Waals surface area contributed by atoms with Gasteiger partial charge in [0.1, 0.15) is 0 Å². The summed E-state index contributed by atoms with van der Waals surface area (Å²) in [5.41, 5.74) is 2.82. The van der Waals surface area contributed by atoms with Crippen molar-refractivity contribution in [2.24, 2.45) is 0 Å². The second kappa shape index (κ2) is 3.46. The van der Waals surface area contributed by atoms with Crippen molar-refractivity contribution in [3.8, 4) is 0 Å². The van der Waals surface area contributed by atoms with Crippen molar-refractivity contribution < 1.29 is 0 Å². The van der Waals surface area contributed by atoms with Gasteiger partial charge < -0.3 is 4.90 Å². The van der Waals surface area contributed by atoms with Gasteiger partial charge in [-0.3, -0.25) is 0 Å². The molecule has 0 saturated carbocycles. The molecule has 2 aliphatic rings. The van der Waals surface area contributed by atoms with E-state index in [1.165, 1.54) is 34.0 Å². The molecular formula is C13H13NS. The van der Waals surface area contributed by atoms with E-state index >= 15 is 0 Å². The van der Waals surface area contributed by atoms with E-state index in [2.05, 4.69) is 48.4 Å². The highest BCUT2D eigenvalue weighted by molar-refractivity contribution is 8.03. The molecule has 1 aliphatic heterocycles. The first-order valence-electron chi connectivity index (χ1n) is 5.26. The average molecular weight is 215 g/mol. The molecule has 2 heteroatoms. The topological polar surface area (TPSA) is 3.24 Å². The molecule has 0 fully saturated rings. The molecule has 1 heterocycles. The van der Waals surface area contributed by atoms with Crippen LogP contribution in [0.15, 0.2) is 51.9 Å². The molecule has 1 aliphatic carbocycles. The SMILES string of the molecule is CN1C2=C(C=CCC2)Sc2ccccc21. The van der Waals surface area contributed by atoms with Crippen molar-refractivity contribution in [2.75, 3.05) is 11.9 Å². The molecule has 1 aromatic rings. The van der Waals surface area contributed by atoms with Crippen LogP contribution in [0.1, 0.15) is 12.8 Å². The highest BCUT2D eigenvalue weighted by Gasteiger charge is 2.22. The van der Waals surface area contributed by atoms with Gasteiger partial charge in [0.2, 0.25) is 0 Å². The van der Waals surface area contributed by atoms with Crippen molar-refractivity contribution >= 4 is 17.4 Å². The number of rotatable bonds is 0. The molecule has 0 N–H and O–H groups in total. The first-order valence-corrected chi connectivity index (χ1v) is 6.08. The van der Waals surface area contributed by atoms with E-state index in [-0.39, 0.29) is 0 Å². The zero-order valence-corrected chi connectivity index (χ0v) is 9.55. The number of nitrogens with zero attached hydrogens (tertiary/aromatic N) is 1. The first kappa shape index (κ1) is 9.10. The van der Waals surface area contributed by atoms with Gasteiger partial charge in [-0.05, 0) is 25.0 Å². The Morgan fingerprint density at radius 2 is 2.13 bits per heavy atom. The molecular weight excluding hydrogens is 202 g/mol. The van der Waals surface area contributed by atoms with Crippen molar-refractivity contribution in [3.63, 3.8) is 0 Å². The normalized spacial score (nSPS) is 18.9. The Hall–Kier alpha value is -1.15. The molecule has 0 radical (unpaired) electrons. The van der Waals surface area contributed by atoms with E-state index in [1.54, 1.807) is 0 Å². The van der Waals surface area contributed by atoms with Crippen molar-refractivity contribution in [1.82, 2.24) is 0 Å². The number of allylic oxidation sites excluding steroid dienone is 3. The van der Waals surface area contributed by atoms with E-state index in [0.29, 0.717) is 0 Å². The molecule has 76 valence electrons. The summed E-state index contributed by atoms with van der Waals surface area (Å²) in [4.78, 5) is 5.12. The maximum atomic E-state index is 2.34. The third kappa shape index (κ3) is 1.40. The van der Waals surface area contributed by atoms with Gasteiger partial charge in [0.15, 0.2) is 0 Å². The number of anilines is 1. The van der Waals surface area contributed by atoms with Gasteiger partial charge in [-0.1, -0.05) is 36.0 Å². The first-order chi connectivity index (χ1) is 7.36. The number of para-hydroxylation sites is 1. The molecule has 3 rings (SSSR count). The van der Waals surface area contributed by atoms with Crippen LogP contribution >= 0.6 is 11.8 Å². The fraction of sp³-hybridized carbons (Fsp3) is 0.231. The Balaban J connectivity index is 2.11. The minimum atomic E-state index is 1.17. The molecule has 0 saturated heterocycles. The summed E-state index contributed by atoms with van der Waals surface area (Å²) in [5.74, 6) is 0. The zero-order valence-electron chi connectivity index (χ0n) is 8.73. The highest BCUT2D eigenvalue weighted by Crippen LogP contribution is 2.45. The standard InChI is InChI=1S/C13H13NS/c1-14-10-6-2-4-8-12(10)15-13-9-5-3-7-11(13)14/h2,4-6,8-9H,3,7H2,1H3. The highest BCUT2D eigenvalue weighted by atomic mass is 32.2. The van der Waals surface area contributed by atoms with E-state index in [0.717, 1.165) is 0 Å². The fourth-order valence-corrected chi connectivity index (χ4v) is 3.35. The maximum absolute atomic E-state index is 2.34. The summed E-state index contributed by atoms with van der Waals surface area (Å²) in [6, 6.07) is 8.62. The predicted octanol–water partition coefficient (Wildman–Crippen LogP) is 3.79. The third-order valence-electron chi connectivity index (χ3n) is 2.95. The van der Waals surface area contributed by atoms with Crippen LogP contribution in [0.25, 0.3) is 0 Å². The predicted molar refractivity (Wildman–Crippen MR) is 66.1 cm³/mol. The van der Waals surface area contributed by atoms with Gasteiger partial charge in [0, 0.05) is 22.5 Å². The zero-order chi connectivity index (χ0) is 10.3. The van der Waals surface area contributed by atoms with Crippen molar-refractivity contribution in [1.29, 1.82) is 0 Å². The van der Waals surface area contributed by atoms with E-state index in [1.807, 2.05) is 11.8 Å². The molecule has 0 bridgehead atoms. The van der Waals surface area contributed by atoms with Gasteiger partial charge in [0.25, 0.3) is 0 Å². The third-order valence-corrected chi connectivity index (χ3v) is 4.11. The summed E-state index contributed by atoms with van der Waals surface area (Å²) in [6.07, 6.45) is 6.87. The quantitative estimate of drug-likeness (QED) is 0.647. The van der Waals surface area contributed by atoms with Crippen LogP contribution in [0.3, 0.4) is 0 Å². The van der Waals surface area contributed by atoms with Gasteiger partial charge >= 0.3 is 0 Å². The molecule has 1 nitrogen and oxygen atoms in total. The van der Waals surface area contributed by atoms with E-state index in [4.69, 9.17) is 0 Å². The maximum Gasteiger partial charge on any atom is 0.0547 e. The van der Waals surface area contributed by atoms with Crippen molar-refractivity contribution in [2.45, 2.75) is 17.7 Å². The van der Waals surface area contributed by atoms with Crippen LogP contribution in [0.4, 0.5) is 5.69 Å². The minimum absolute atomic E-state index is 1.17. The molecule has 15 heavy (non-hydrogen) atoms. The van der Waals surface area contributed by atoms with Crippen LogP contribution < -0.4 is 4.90 Å². The lowest BCUT2D eigenvalue weighted by atomic mass is 10.1. The molecule has 0 unspecified atom stereocenters. The molecule has 0 amide bonds. The summed E-state index contributed by atoms with van der Waals surface area (Å²) in [6.45, 7) is 0. The minimum Gasteiger partial charge on any atom is -0.346 e. The Morgan fingerprint density at radius 3 is 3.07 bits per heavy atom. The van der Waals surface area contributed by atoms with Crippen LogP contribution in [0.5, 0.6) is 0 Å². The second-order valence-electron chi connectivity index (χ2n) is 3.88. The number of fused-ring (bicyclic) bond motifs is 1. The lowest BCUT2D eigenvalue weighted by Gasteiger charge is -2.32. The molecule has 0 atom stereocenters. The second-order valence-corrected chi connectivity index (χ2v) is 4.96. The van der Waals surface area contributed by atoms with Gasteiger partial charge in [-0.25, -0.2) is 0 Å². The lowest BCUT2D eigenvalue weighted by molar-refractivity contribution is 0.881. The summed E-state index contributed by atoms with van der Waals surface area (Å²) >= 11 is 1.90. The largest absolute Gasteiger partial charge is 0.346 e. The molecule has 1 aromatic carbocycles. The number of thioether (sulfide) groups is 1. The summed E-state index contributed by atoms with van der Waals surface area (Å²) in [5, 5.41) is 0. The summed E-state index contributed by atoms with van der Waals surface area (Å²) in [7, 11) is 2.17. The Bertz CT molecular complexity index is 459. The van der Waals surface area contributed by atoms with Gasteiger partial charge in [-0.2, -0.15) is 0 Å². The smallest absolute Gasteiger partial charge is 0.0547 e. The Morgan fingerprint density at radius 1 is 1.27 bits per heavy atom. The van der Waals surface area contributed by atoms with E-state index in [9.17, 15) is 0 Å².